The van der Waals surface area contributed by atoms with Crippen molar-refractivity contribution in [3.05, 3.63) is 94.5 Å². The van der Waals surface area contributed by atoms with Gasteiger partial charge in [0.05, 0.1) is 7.11 Å². The molecule has 0 fully saturated rings. The Hall–Kier alpha value is -3.61. The summed E-state index contributed by atoms with van der Waals surface area (Å²) in [6, 6.07) is 24.7. The molecular weight excluding hydrogens is 524 g/mol. The van der Waals surface area contributed by atoms with E-state index in [9.17, 15) is 0 Å². The Labute approximate surface area is 239 Å². The summed E-state index contributed by atoms with van der Waals surface area (Å²) in [5.41, 5.74) is 7.95. The zero-order valence-electron chi connectivity index (χ0n) is 22.4. The first-order valence-electron chi connectivity index (χ1n) is 13.4. The highest BCUT2D eigenvalue weighted by atomic mass is 35.5. The largest absolute Gasteiger partial charge is 0.497 e. The molecule has 198 valence electrons. The molecule has 2 aromatic heterocycles. The van der Waals surface area contributed by atoms with Crippen LogP contribution in [0.2, 0.25) is 5.02 Å². The van der Waals surface area contributed by atoms with Crippen LogP contribution in [0, 0.1) is 0 Å². The summed E-state index contributed by atoms with van der Waals surface area (Å²) in [7, 11) is 1.68. The number of ether oxygens (including phenoxy) is 1. The molecule has 39 heavy (non-hydrogen) atoms. The number of aromatic nitrogens is 3. The molecule has 1 aliphatic rings. The van der Waals surface area contributed by atoms with Gasteiger partial charge in [0.1, 0.15) is 22.2 Å². The van der Waals surface area contributed by atoms with E-state index in [1.807, 2.05) is 24.3 Å². The molecule has 0 saturated carbocycles. The first-order valence-corrected chi connectivity index (χ1v) is 14.2. The van der Waals surface area contributed by atoms with Crippen molar-refractivity contribution in [3.8, 4) is 28.3 Å². The summed E-state index contributed by atoms with van der Waals surface area (Å²) < 4.78 is 9.80. The number of hydrogen-bond acceptors (Lipinski definition) is 3. The minimum atomic E-state index is 0.468. The van der Waals surface area contributed by atoms with Crippen LogP contribution in [0.5, 0.6) is 5.75 Å². The summed E-state index contributed by atoms with van der Waals surface area (Å²) in [5.74, 6) is 3.12. The maximum absolute atomic E-state index is 6.28. The fraction of sp³-hybridized carbons (Fsp3) is 0.250. The van der Waals surface area contributed by atoms with Crippen molar-refractivity contribution < 1.29 is 4.74 Å². The number of anilines is 1. The average Bonchev–Trinajstić information content (AvgIpc) is 3.37. The summed E-state index contributed by atoms with van der Waals surface area (Å²) in [6.07, 6.45) is 3.16. The second-order valence-corrected chi connectivity index (χ2v) is 11.2. The number of hydrogen-bond donors (Lipinski definition) is 1. The molecule has 0 spiro atoms. The van der Waals surface area contributed by atoms with Crippen LogP contribution >= 0.6 is 23.8 Å². The second-order valence-electron chi connectivity index (χ2n) is 10.3. The van der Waals surface area contributed by atoms with Crippen LogP contribution in [0.3, 0.4) is 0 Å². The molecule has 0 bridgehead atoms. The third kappa shape index (κ3) is 4.72. The van der Waals surface area contributed by atoms with E-state index in [1.165, 1.54) is 11.1 Å². The van der Waals surface area contributed by atoms with E-state index in [-0.39, 0.29) is 0 Å². The van der Waals surface area contributed by atoms with Crippen LogP contribution in [-0.4, -0.2) is 26.3 Å². The lowest BCUT2D eigenvalue weighted by Gasteiger charge is -2.13. The van der Waals surface area contributed by atoms with Gasteiger partial charge in [-0.05, 0) is 72.7 Å². The number of thiocarbonyl (C=S) groups is 1. The summed E-state index contributed by atoms with van der Waals surface area (Å²) in [6.45, 7) is 5.30. The lowest BCUT2D eigenvalue weighted by Crippen LogP contribution is -2.13. The standard InChI is InChI=1S/C32H31ClN4OS/c1-20(2)21-7-9-24(10-8-21)31(39)34-30-28(22-11-15-25(33)16-12-22)27-6-4-5-19-36-29(35-37(30)32(27)36)23-13-17-26(38-3)18-14-23/h7-18,20H,4-6,19H2,1-3H3,(H,34,39). The monoisotopic (exact) mass is 554 g/mol. The first-order chi connectivity index (χ1) is 18.9. The van der Waals surface area contributed by atoms with Gasteiger partial charge in [0.2, 0.25) is 0 Å². The van der Waals surface area contributed by atoms with Crippen LogP contribution in [0.4, 0.5) is 5.82 Å². The number of methoxy groups -OCH3 is 1. The highest BCUT2D eigenvalue weighted by molar-refractivity contribution is 7.81. The topological polar surface area (TPSA) is 43.5 Å². The number of benzene rings is 3. The van der Waals surface area contributed by atoms with Crippen LogP contribution in [0.25, 0.3) is 28.2 Å². The molecule has 3 heterocycles. The molecule has 1 aliphatic heterocycles. The first kappa shape index (κ1) is 25.7. The molecule has 0 saturated heterocycles. The van der Waals surface area contributed by atoms with Crippen molar-refractivity contribution in [2.24, 2.45) is 0 Å². The van der Waals surface area contributed by atoms with Crippen molar-refractivity contribution in [2.45, 2.75) is 45.6 Å². The molecular formula is C32H31ClN4OS. The Bertz CT molecular complexity index is 1650. The van der Waals surface area contributed by atoms with E-state index < -0.39 is 0 Å². The molecule has 7 heteroatoms. The maximum Gasteiger partial charge on any atom is 0.162 e. The van der Waals surface area contributed by atoms with Crippen molar-refractivity contribution in [1.82, 2.24) is 14.2 Å². The molecule has 1 N–H and O–H groups in total. The summed E-state index contributed by atoms with van der Waals surface area (Å²) >= 11 is 12.2. The Morgan fingerprint density at radius 1 is 0.949 bits per heavy atom. The van der Waals surface area contributed by atoms with Crippen LogP contribution < -0.4 is 10.1 Å². The highest BCUT2D eigenvalue weighted by Gasteiger charge is 2.28. The molecule has 6 rings (SSSR count). The minimum absolute atomic E-state index is 0.468. The molecule has 0 aliphatic carbocycles. The molecule has 0 amide bonds. The third-order valence-corrected chi connectivity index (χ3v) is 8.13. The highest BCUT2D eigenvalue weighted by Crippen LogP contribution is 2.41. The Balaban J connectivity index is 1.53. The van der Waals surface area contributed by atoms with Crippen molar-refractivity contribution in [3.63, 3.8) is 0 Å². The predicted octanol–water partition coefficient (Wildman–Crippen LogP) is 8.38. The van der Waals surface area contributed by atoms with Gasteiger partial charge in [-0.25, -0.2) is 0 Å². The predicted molar refractivity (Wildman–Crippen MR) is 164 cm³/mol. The molecule has 0 radical (unpaired) electrons. The average molecular weight is 555 g/mol. The van der Waals surface area contributed by atoms with E-state index in [4.69, 9.17) is 33.7 Å². The summed E-state index contributed by atoms with van der Waals surface area (Å²) in [5, 5.41) is 9.52. The van der Waals surface area contributed by atoms with Gasteiger partial charge in [-0.3, -0.25) is 0 Å². The quantitative estimate of drug-likeness (QED) is 0.214. The van der Waals surface area contributed by atoms with E-state index in [0.717, 1.165) is 71.1 Å². The number of aryl methyl sites for hydroxylation is 2. The SMILES string of the molecule is COc1ccc(-c2nn3c(NC(=S)c4ccc(C(C)C)cc4)c(-c4ccc(Cl)cc4)c4c3n2CCCC4)cc1. The Kier molecular flexibility index (Phi) is 6.92. The Morgan fingerprint density at radius 3 is 2.31 bits per heavy atom. The second kappa shape index (κ2) is 10.5. The fourth-order valence-electron chi connectivity index (χ4n) is 5.43. The Morgan fingerprint density at radius 2 is 1.64 bits per heavy atom. The van der Waals surface area contributed by atoms with Gasteiger partial charge in [-0.1, -0.05) is 74.1 Å². The van der Waals surface area contributed by atoms with Gasteiger partial charge in [0, 0.05) is 33.8 Å². The van der Waals surface area contributed by atoms with E-state index in [0.29, 0.717) is 15.9 Å². The lowest BCUT2D eigenvalue weighted by molar-refractivity contribution is 0.415. The number of halogens is 1. The molecule has 5 nitrogen and oxygen atoms in total. The zero-order chi connectivity index (χ0) is 27.1. The number of nitrogens with zero attached hydrogens (tertiary/aromatic N) is 3. The normalized spacial score (nSPS) is 13.1. The molecule has 3 aromatic carbocycles. The van der Waals surface area contributed by atoms with E-state index >= 15 is 0 Å². The van der Waals surface area contributed by atoms with Gasteiger partial charge in [0.25, 0.3) is 0 Å². The van der Waals surface area contributed by atoms with Crippen molar-refractivity contribution in [2.75, 3.05) is 12.4 Å². The smallest absolute Gasteiger partial charge is 0.162 e. The van der Waals surface area contributed by atoms with Gasteiger partial charge in [-0.15, -0.1) is 5.10 Å². The minimum Gasteiger partial charge on any atom is -0.497 e. The molecule has 0 atom stereocenters. The lowest BCUT2D eigenvalue weighted by atomic mass is 9.99. The van der Waals surface area contributed by atoms with Crippen molar-refractivity contribution in [1.29, 1.82) is 0 Å². The fourth-order valence-corrected chi connectivity index (χ4v) is 5.79. The number of nitrogens with one attached hydrogen (secondary N) is 1. The molecule has 5 aromatic rings. The van der Waals surface area contributed by atoms with Crippen molar-refractivity contribution >= 4 is 40.3 Å². The van der Waals surface area contributed by atoms with Gasteiger partial charge >= 0.3 is 0 Å². The van der Waals surface area contributed by atoms with Gasteiger partial charge in [-0.2, -0.15) is 4.52 Å². The third-order valence-electron chi connectivity index (χ3n) is 7.54. The van der Waals surface area contributed by atoms with Crippen LogP contribution in [-0.2, 0) is 13.0 Å². The maximum atomic E-state index is 6.28. The van der Waals surface area contributed by atoms with E-state index in [2.05, 4.69) is 76.8 Å². The van der Waals surface area contributed by atoms with Gasteiger partial charge in [0.15, 0.2) is 5.82 Å². The molecule has 0 unspecified atom stereocenters. The van der Waals surface area contributed by atoms with Gasteiger partial charge < -0.3 is 14.6 Å². The van der Waals surface area contributed by atoms with E-state index in [1.54, 1.807) is 7.11 Å². The van der Waals surface area contributed by atoms with Crippen LogP contribution in [0.1, 0.15) is 49.3 Å². The zero-order valence-corrected chi connectivity index (χ0v) is 23.9. The number of rotatable bonds is 6. The summed E-state index contributed by atoms with van der Waals surface area (Å²) in [4.78, 5) is 0.670. The van der Waals surface area contributed by atoms with Crippen LogP contribution in [0.15, 0.2) is 72.8 Å².